The highest BCUT2D eigenvalue weighted by Crippen LogP contribution is 2.12. The van der Waals surface area contributed by atoms with Crippen LogP contribution in [0, 0.1) is 0 Å². The Labute approximate surface area is 127 Å². The summed E-state index contributed by atoms with van der Waals surface area (Å²) in [4.78, 5) is 27.7. The zero-order chi connectivity index (χ0) is 16.0. The van der Waals surface area contributed by atoms with Crippen LogP contribution >= 0.6 is 0 Å². The SMILES string of the molecule is CCCN(CC(=O)N1CCC(N)CC1)C(=O)OC(C)(C)C. The summed E-state index contributed by atoms with van der Waals surface area (Å²) in [6.07, 6.45) is 2.02. The Bertz CT molecular complexity index is 358. The van der Waals surface area contributed by atoms with Crippen LogP contribution in [0.4, 0.5) is 4.79 Å². The molecule has 1 aliphatic heterocycles. The van der Waals surface area contributed by atoms with Crippen molar-refractivity contribution in [1.82, 2.24) is 9.80 Å². The number of carbonyl (C=O) groups is 2. The maximum Gasteiger partial charge on any atom is 0.410 e. The quantitative estimate of drug-likeness (QED) is 0.855. The summed E-state index contributed by atoms with van der Waals surface area (Å²) in [5.41, 5.74) is 5.29. The van der Waals surface area contributed by atoms with Crippen molar-refractivity contribution in [3.63, 3.8) is 0 Å². The molecule has 0 radical (unpaired) electrons. The molecule has 6 nitrogen and oxygen atoms in total. The van der Waals surface area contributed by atoms with E-state index in [-0.39, 0.29) is 18.5 Å². The van der Waals surface area contributed by atoms with Gasteiger partial charge in [0.15, 0.2) is 0 Å². The number of hydrogen-bond donors (Lipinski definition) is 1. The molecule has 0 spiro atoms. The lowest BCUT2D eigenvalue weighted by atomic mass is 10.1. The molecule has 1 fully saturated rings. The first-order valence-electron chi connectivity index (χ1n) is 7.74. The van der Waals surface area contributed by atoms with Crippen molar-refractivity contribution in [2.24, 2.45) is 5.73 Å². The molecular formula is C15H29N3O3. The van der Waals surface area contributed by atoms with E-state index in [1.54, 1.807) is 4.90 Å². The van der Waals surface area contributed by atoms with Gasteiger partial charge in [0.05, 0.1) is 0 Å². The van der Waals surface area contributed by atoms with Crippen molar-refractivity contribution in [3.05, 3.63) is 0 Å². The van der Waals surface area contributed by atoms with Gasteiger partial charge in [0.2, 0.25) is 5.91 Å². The van der Waals surface area contributed by atoms with Crippen LogP contribution in [0.15, 0.2) is 0 Å². The third-order valence-electron chi connectivity index (χ3n) is 3.36. The van der Waals surface area contributed by atoms with Crippen LogP contribution in [0.5, 0.6) is 0 Å². The van der Waals surface area contributed by atoms with Gasteiger partial charge in [0, 0.05) is 25.7 Å². The third kappa shape index (κ3) is 6.33. The number of rotatable bonds is 4. The summed E-state index contributed by atoms with van der Waals surface area (Å²) in [7, 11) is 0. The lowest BCUT2D eigenvalue weighted by Crippen LogP contribution is -2.48. The minimum Gasteiger partial charge on any atom is -0.444 e. The van der Waals surface area contributed by atoms with E-state index in [1.807, 2.05) is 27.7 Å². The third-order valence-corrected chi connectivity index (χ3v) is 3.36. The van der Waals surface area contributed by atoms with Crippen LogP contribution in [0.2, 0.25) is 0 Å². The number of likely N-dealkylation sites (tertiary alicyclic amines) is 1. The first-order chi connectivity index (χ1) is 9.73. The molecule has 122 valence electrons. The number of ether oxygens (including phenoxy) is 1. The van der Waals surface area contributed by atoms with Crippen LogP contribution in [0.3, 0.4) is 0 Å². The Morgan fingerprint density at radius 2 is 1.86 bits per heavy atom. The van der Waals surface area contributed by atoms with Gasteiger partial charge >= 0.3 is 6.09 Å². The molecule has 0 bridgehead atoms. The van der Waals surface area contributed by atoms with Crippen LogP contribution < -0.4 is 5.73 Å². The minimum atomic E-state index is -0.552. The summed E-state index contributed by atoms with van der Waals surface area (Å²) in [5.74, 6) is -0.0267. The molecule has 0 unspecified atom stereocenters. The van der Waals surface area contributed by atoms with E-state index < -0.39 is 11.7 Å². The molecule has 2 N–H and O–H groups in total. The van der Waals surface area contributed by atoms with Gasteiger partial charge in [-0.2, -0.15) is 0 Å². The lowest BCUT2D eigenvalue weighted by molar-refractivity contribution is -0.133. The average Bonchev–Trinajstić information content (AvgIpc) is 2.36. The molecule has 1 rings (SSSR count). The summed E-state index contributed by atoms with van der Waals surface area (Å²) in [6, 6.07) is 0.187. The van der Waals surface area contributed by atoms with Gasteiger partial charge < -0.3 is 15.4 Å². The summed E-state index contributed by atoms with van der Waals surface area (Å²) in [6.45, 7) is 9.39. The van der Waals surface area contributed by atoms with Crippen molar-refractivity contribution in [2.75, 3.05) is 26.2 Å². The molecule has 0 aromatic carbocycles. The van der Waals surface area contributed by atoms with Crippen molar-refractivity contribution >= 4 is 12.0 Å². The predicted molar refractivity (Wildman–Crippen MR) is 81.9 cm³/mol. The second kappa shape index (κ2) is 7.64. The van der Waals surface area contributed by atoms with Gasteiger partial charge in [-0.05, 0) is 40.0 Å². The van der Waals surface area contributed by atoms with E-state index in [4.69, 9.17) is 10.5 Å². The normalized spacial score (nSPS) is 16.7. The number of nitrogens with two attached hydrogens (primary N) is 1. The van der Waals surface area contributed by atoms with Gasteiger partial charge in [-0.1, -0.05) is 6.92 Å². The highest BCUT2D eigenvalue weighted by atomic mass is 16.6. The Hall–Kier alpha value is -1.30. The zero-order valence-corrected chi connectivity index (χ0v) is 13.7. The second-order valence-electron chi connectivity index (χ2n) is 6.62. The van der Waals surface area contributed by atoms with Gasteiger partial charge in [0.25, 0.3) is 0 Å². The van der Waals surface area contributed by atoms with Crippen LogP contribution in [0.1, 0.15) is 47.0 Å². The molecule has 1 saturated heterocycles. The average molecular weight is 299 g/mol. The van der Waals surface area contributed by atoms with E-state index >= 15 is 0 Å². The Morgan fingerprint density at radius 3 is 2.33 bits per heavy atom. The van der Waals surface area contributed by atoms with Crippen LogP contribution in [-0.2, 0) is 9.53 Å². The van der Waals surface area contributed by atoms with Crippen molar-refractivity contribution in [3.8, 4) is 0 Å². The highest BCUT2D eigenvalue weighted by Gasteiger charge is 2.26. The van der Waals surface area contributed by atoms with Crippen LogP contribution in [0.25, 0.3) is 0 Å². The predicted octanol–water partition coefficient (Wildman–Crippen LogP) is 1.58. The highest BCUT2D eigenvalue weighted by molar-refractivity contribution is 5.82. The lowest BCUT2D eigenvalue weighted by Gasteiger charge is -2.33. The Morgan fingerprint density at radius 1 is 1.29 bits per heavy atom. The van der Waals surface area contributed by atoms with Gasteiger partial charge in [-0.25, -0.2) is 4.79 Å². The standard InChI is InChI=1S/C15H29N3O3/c1-5-8-18(14(20)21-15(2,3)4)11-13(19)17-9-6-12(16)7-10-17/h12H,5-11,16H2,1-4H3. The number of nitrogens with zero attached hydrogens (tertiary/aromatic N) is 2. The van der Waals surface area contributed by atoms with E-state index in [2.05, 4.69) is 0 Å². The zero-order valence-electron chi connectivity index (χ0n) is 13.7. The van der Waals surface area contributed by atoms with E-state index in [0.717, 1.165) is 19.3 Å². The Kier molecular flexibility index (Phi) is 6.45. The molecule has 6 heteroatoms. The summed E-state index contributed by atoms with van der Waals surface area (Å²) >= 11 is 0. The summed E-state index contributed by atoms with van der Waals surface area (Å²) < 4.78 is 5.35. The number of piperidine rings is 1. The molecule has 2 amide bonds. The first-order valence-corrected chi connectivity index (χ1v) is 7.74. The second-order valence-corrected chi connectivity index (χ2v) is 6.62. The monoisotopic (exact) mass is 299 g/mol. The number of carbonyl (C=O) groups excluding carboxylic acids is 2. The maximum atomic E-state index is 12.3. The number of hydrogen-bond acceptors (Lipinski definition) is 4. The van der Waals surface area contributed by atoms with Crippen molar-refractivity contribution < 1.29 is 14.3 Å². The fourth-order valence-electron chi connectivity index (χ4n) is 2.24. The molecule has 0 aromatic heterocycles. The number of amides is 2. The van der Waals surface area contributed by atoms with Gasteiger partial charge in [-0.15, -0.1) is 0 Å². The molecule has 21 heavy (non-hydrogen) atoms. The van der Waals surface area contributed by atoms with E-state index in [1.165, 1.54) is 4.90 Å². The molecule has 1 aliphatic rings. The largest absolute Gasteiger partial charge is 0.444 e. The fourth-order valence-corrected chi connectivity index (χ4v) is 2.24. The molecule has 0 atom stereocenters. The van der Waals surface area contributed by atoms with Gasteiger partial charge in [0.1, 0.15) is 12.1 Å². The molecule has 1 heterocycles. The molecule has 0 aliphatic carbocycles. The molecular weight excluding hydrogens is 270 g/mol. The molecule has 0 aromatic rings. The fraction of sp³-hybridized carbons (Fsp3) is 0.867. The van der Waals surface area contributed by atoms with Crippen LogP contribution in [-0.4, -0.2) is 59.6 Å². The van der Waals surface area contributed by atoms with Crippen molar-refractivity contribution in [1.29, 1.82) is 0 Å². The van der Waals surface area contributed by atoms with Gasteiger partial charge in [-0.3, -0.25) is 9.69 Å². The van der Waals surface area contributed by atoms with E-state index in [0.29, 0.717) is 19.6 Å². The topological polar surface area (TPSA) is 75.9 Å². The summed E-state index contributed by atoms with van der Waals surface area (Å²) in [5, 5.41) is 0. The minimum absolute atomic E-state index is 0.0267. The smallest absolute Gasteiger partial charge is 0.410 e. The first kappa shape index (κ1) is 17.8. The van der Waals surface area contributed by atoms with E-state index in [9.17, 15) is 9.59 Å². The Balaban J connectivity index is 2.57. The maximum absolute atomic E-state index is 12.3. The van der Waals surface area contributed by atoms with Crippen molar-refractivity contribution in [2.45, 2.75) is 58.6 Å². The molecule has 0 saturated carbocycles.